The molecular formula is C25H25N7O. The molecule has 4 aromatic rings. The molecule has 166 valence electrons. The van der Waals surface area contributed by atoms with Crippen LogP contribution in [-0.4, -0.2) is 49.0 Å². The molecule has 0 radical (unpaired) electrons. The molecule has 1 aliphatic heterocycles. The molecule has 1 aliphatic rings. The Kier molecular flexibility index (Phi) is 5.26. The number of nitrogens with zero attached hydrogens (tertiary/aromatic N) is 5. The van der Waals surface area contributed by atoms with Gasteiger partial charge in [-0.05, 0) is 31.1 Å². The fourth-order valence-corrected chi connectivity index (χ4v) is 4.56. The Morgan fingerprint density at radius 2 is 2.03 bits per heavy atom. The van der Waals surface area contributed by atoms with Gasteiger partial charge in [0, 0.05) is 48.5 Å². The Morgan fingerprint density at radius 3 is 2.76 bits per heavy atom. The summed E-state index contributed by atoms with van der Waals surface area (Å²) in [5.74, 6) is 1.44. The summed E-state index contributed by atoms with van der Waals surface area (Å²) >= 11 is 0. The molecule has 0 spiro atoms. The van der Waals surface area contributed by atoms with Crippen molar-refractivity contribution in [2.75, 3.05) is 18.8 Å². The highest BCUT2D eigenvalue weighted by Crippen LogP contribution is 2.35. The van der Waals surface area contributed by atoms with E-state index in [1.54, 1.807) is 6.20 Å². The fourth-order valence-electron chi connectivity index (χ4n) is 4.56. The maximum Gasteiger partial charge on any atom is 0.272 e. The molecule has 0 saturated carbocycles. The van der Waals surface area contributed by atoms with Crippen LogP contribution in [0.25, 0.3) is 27.8 Å². The number of hydrogen-bond donors (Lipinski definition) is 2. The largest absolute Gasteiger partial charge is 0.382 e. The lowest BCUT2D eigenvalue weighted by atomic mass is 9.95. The van der Waals surface area contributed by atoms with Crippen LogP contribution in [-0.2, 0) is 4.79 Å². The zero-order chi connectivity index (χ0) is 22.9. The highest BCUT2D eigenvalue weighted by atomic mass is 16.2. The minimum absolute atomic E-state index is 0.122. The van der Waals surface area contributed by atoms with Gasteiger partial charge < -0.3 is 15.6 Å². The highest BCUT2D eigenvalue weighted by molar-refractivity contribution is 6.43. The number of nitrogen functional groups attached to an aromatic ring is 1. The van der Waals surface area contributed by atoms with E-state index < -0.39 is 0 Å². The lowest BCUT2D eigenvalue weighted by Crippen LogP contribution is -2.41. The smallest absolute Gasteiger partial charge is 0.272 e. The number of nitrogens with one attached hydrogen (secondary N) is 1. The molecule has 0 atom stereocenters. The topological polar surface area (TPSA) is 105 Å². The molecule has 5 rings (SSSR count). The first-order valence-corrected chi connectivity index (χ1v) is 10.9. The van der Waals surface area contributed by atoms with Gasteiger partial charge in [-0.2, -0.15) is 0 Å². The van der Waals surface area contributed by atoms with Gasteiger partial charge >= 0.3 is 0 Å². The van der Waals surface area contributed by atoms with E-state index in [-0.39, 0.29) is 11.8 Å². The Hall–Kier alpha value is -4.20. The number of imidazole rings is 1. The summed E-state index contributed by atoms with van der Waals surface area (Å²) in [5.41, 5.74) is 10.2. The number of aromatic amines is 1. The predicted molar refractivity (Wildman–Crippen MR) is 131 cm³/mol. The molecule has 1 aromatic carbocycles. The van der Waals surface area contributed by atoms with E-state index in [0.717, 1.165) is 46.5 Å². The molecule has 0 bridgehead atoms. The summed E-state index contributed by atoms with van der Waals surface area (Å²) in [6, 6.07) is 10.2. The van der Waals surface area contributed by atoms with Gasteiger partial charge in [-0.3, -0.25) is 14.2 Å². The number of benzene rings is 1. The number of aromatic nitrogens is 4. The number of para-hydroxylation sites is 1. The molecule has 4 heterocycles. The Morgan fingerprint density at radius 1 is 1.24 bits per heavy atom. The number of rotatable bonds is 5. The van der Waals surface area contributed by atoms with E-state index >= 15 is 0 Å². The first-order valence-electron chi connectivity index (χ1n) is 10.9. The number of piperidine rings is 1. The molecule has 3 N–H and O–H groups in total. The van der Waals surface area contributed by atoms with Crippen LogP contribution in [0.3, 0.4) is 0 Å². The maximum absolute atomic E-state index is 12.7. The minimum atomic E-state index is -0.122. The third-order valence-corrected chi connectivity index (χ3v) is 6.19. The Balaban J connectivity index is 1.48. The summed E-state index contributed by atoms with van der Waals surface area (Å²) in [5, 5.41) is 1.11. The summed E-state index contributed by atoms with van der Waals surface area (Å²) < 4.78 is 2.04. The molecule has 1 saturated heterocycles. The van der Waals surface area contributed by atoms with Crippen LogP contribution in [0.1, 0.15) is 24.6 Å². The average molecular weight is 440 g/mol. The van der Waals surface area contributed by atoms with Crippen molar-refractivity contribution in [3.63, 3.8) is 0 Å². The second-order valence-corrected chi connectivity index (χ2v) is 8.09. The van der Waals surface area contributed by atoms with Crippen molar-refractivity contribution in [3.8, 4) is 11.4 Å². The lowest BCUT2D eigenvalue weighted by Gasteiger charge is -2.31. The second kappa shape index (κ2) is 8.38. The van der Waals surface area contributed by atoms with Crippen LogP contribution in [0.4, 0.5) is 5.82 Å². The van der Waals surface area contributed by atoms with Crippen molar-refractivity contribution in [1.29, 1.82) is 0 Å². The first-order chi connectivity index (χ1) is 16.1. The second-order valence-electron chi connectivity index (χ2n) is 8.09. The zero-order valence-corrected chi connectivity index (χ0v) is 18.2. The number of likely N-dealkylation sites (tertiary alicyclic amines) is 1. The van der Waals surface area contributed by atoms with Gasteiger partial charge in [0.05, 0.1) is 5.69 Å². The van der Waals surface area contributed by atoms with E-state index in [1.165, 1.54) is 12.3 Å². The van der Waals surface area contributed by atoms with Crippen LogP contribution >= 0.6 is 0 Å². The molecule has 3 aromatic heterocycles. The maximum atomic E-state index is 12.7. The van der Waals surface area contributed by atoms with E-state index in [1.807, 2.05) is 33.7 Å². The van der Waals surface area contributed by atoms with E-state index in [4.69, 9.17) is 10.7 Å². The van der Waals surface area contributed by atoms with Gasteiger partial charge in [0.15, 0.2) is 0 Å². The summed E-state index contributed by atoms with van der Waals surface area (Å²) in [4.78, 5) is 31.4. The van der Waals surface area contributed by atoms with Crippen molar-refractivity contribution in [1.82, 2.24) is 24.3 Å². The quantitative estimate of drug-likeness (QED) is 0.460. The third-order valence-electron chi connectivity index (χ3n) is 6.19. The Labute approximate surface area is 191 Å². The third kappa shape index (κ3) is 3.59. The number of amides is 1. The number of aliphatic imine (C=N–C) groups is 1. The number of anilines is 1. The van der Waals surface area contributed by atoms with E-state index in [2.05, 4.69) is 40.3 Å². The van der Waals surface area contributed by atoms with Crippen molar-refractivity contribution in [3.05, 3.63) is 74.0 Å². The van der Waals surface area contributed by atoms with Crippen LogP contribution < -0.4 is 5.73 Å². The van der Waals surface area contributed by atoms with Gasteiger partial charge in [-0.15, -0.1) is 0 Å². The van der Waals surface area contributed by atoms with E-state index in [9.17, 15) is 4.79 Å². The van der Waals surface area contributed by atoms with Crippen molar-refractivity contribution in [2.24, 2.45) is 4.99 Å². The molecule has 1 fully saturated rings. The average Bonchev–Trinajstić information content (AvgIpc) is 3.45. The van der Waals surface area contributed by atoms with Gasteiger partial charge in [0.25, 0.3) is 5.91 Å². The number of carbonyl (C=O) groups excluding carboxylic acids is 1. The minimum Gasteiger partial charge on any atom is -0.382 e. The molecule has 8 nitrogen and oxygen atoms in total. The number of H-pyrrole nitrogens is 1. The lowest BCUT2D eigenvalue weighted by molar-refractivity contribution is -0.125. The molecule has 8 heteroatoms. The summed E-state index contributed by atoms with van der Waals surface area (Å²) in [6.07, 6.45) is 8.02. The number of fused-ring (bicyclic) bond motifs is 2. The first kappa shape index (κ1) is 20.7. The molecule has 1 amide bonds. The van der Waals surface area contributed by atoms with Gasteiger partial charge in [-0.25, -0.2) is 9.97 Å². The zero-order valence-electron chi connectivity index (χ0n) is 18.2. The SMILES string of the molecule is C=CN=C(C=C)C(=O)N1CCC(c2nc(-c3cc4ccccc4[nH]3)c3c(N)nccn23)CC1. The van der Waals surface area contributed by atoms with Crippen LogP contribution in [0, 0.1) is 0 Å². The van der Waals surface area contributed by atoms with Gasteiger partial charge in [-0.1, -0.05) is 31.4 Å². The molecule has 0 aliphatic carbocycles. The molecule has 33 heavy (non-hydrogen) atoms. The van der Waals surface area contributed by atoms with Crippen LogP contribution in [0.2, 0.25) is 0 Å². The molecular weight excluding hydrogens is 414 g/mol. The summed E-state index contributed by atoms with van der Waals surface area (Å²) in [7, 11) is 0. The van der Waals surface area contributed by atoms with Gasteiger partial charge in [0.1, 0.15) is 28.6 Å². The Bertz CT molecular complexity index is 1370. The number of carbonyl (C=O) groups is 1. The number of hydrogen-bond acceptors (Lipinski definition) is 5. The monoisotopic (exact) mass is 439 g/mol. The van der Waals surface area contributed by atoms with Crippen molar-refractivity contribution in [2.45, 2.75) is 18.8 Å². The fraction of sp³-hybridized carbons (Fsp3) is 0.200. The van der Waals surface area contributed by atoms with Crippen molar-refractivity contribution >= 4 is 33.9 Å². The highest BCUT2D eigenvalue weighted by Gasteiger charge is 2.29. The van der Waals surface area contributed by atoms with Gasteiger partial charge in [0.2, 0.25) is 0 Å². The molecule has 0 unspecified atom stereocenters. The standard InChI is InChI=1S/C25H25N7O/c1-3-18(27-4-2)25(33)31-12-9-16(10-13-31)24-30-21(22-23(26)28-11-14-32(22)24)20-15-17-7-5-6-8-19(17)29-20/h3-8,11,14-16,29H,1-2,9-10,12-13H2,(H2,26,28). The van der Waals surface area contributed by atoms with Crippen LogP contribution in [0.5, 0.6) is 0 Å². The van der Waals surface area contributed by atoms with E-state index in [0.29, 0.717) is 24.6 Å². The summed E-state index contributed by atoms with van der Waals surface area (Å²) in [6.45, 7) is 8.49. The number of nitrogens with two attached hydrogens (primary N) is 1. The van der Waals surface area contributed by atoms with Crippen molar-refractivity contribution < 1.29 is 4.79 Å². The predicted octanol–water partition coefficient (Wildman–Crippen LogP) is 3.94. The van der Waals surface area contributed by atoms with Crippen LogP contribution in [0.15, 0.2) is 73.2 Å². The normalized spacial score (nSPS) is 15.3.